The molecule has 2 aromatic rings. The third-order valence-electron chi connectivity index (χ3n) is 9.01. The highest BCUT2D eigenvalue weighted by Crippen LogP contribution is 2.62. The molecular weight excluding hydrogens is 586 g/mol. The van der Waals surface area contributed by atoms with Crippen LogP contribution in [0.1, 0.15) is 20.8 Å². The van der Waals surface area contributed by atoms with Gasteiger partial charge in [-0.2, -0.15) is 0 Å². The average Bonchev–Trinajstić information content (AvgIpc) is 3.30. The average molecular weight is 622 g/mol. The minimum Gasteiger partial charge on any atom is -0.494 e. The number of aliphatic hydroxyl groups is 1. The summed E-state index contributed by atoms with van der Waals surface area (Å²) >= 11 is 8.08. The SMILES string of the molecule is CCOc1ccc(N2CC=C[C@@H]3S[C@]45C=CCN(c6ccccc6Cl)C(=O)C4N([C@@H](CO)C(C)C)C(=O)[C@@H]5[C@@H]3C2=O)cc1. The molecule has 4 aliphatic rings. The first-order valence-electron chi connectivity index (χ1n) is 14.8. The molecule has 43 heavy (non-hydrogen) atoms. The van der Waals surface area contributed by atoms with Gasteiger partial charge in [0.05, 0.1) is 46.5 Å². The van der Waals surface area contributed by atoms with Gasteiger partial charge in [0.25, 0.3) is 5.91 Å². The van der Waals surface area contributed by atoms with E-state index >= 15 is 0 Å². The second-order valence-corrected chi connectivity index (χ2v) is 13.6. The van der Waals surface area contributed by atoms with Crippen LogP contribution in [0.2, 0.25) is 5.02 Å². The van der Waals surface area contributed by atoms with E-state index in [1.54, 1.807) is 26.8 Å². The van der Waals surface area contributed by atoms with Gasteiger partial charge in [0, 0.05) is 24.0 Å². The number of carbonyl (C=O) groups excluding carboxylic acids is 3. The fourth-order valence-electron chi connectivity index (χ4n) is 7.06. The Morgan fingerprint density at radius 2 is 1.72 bits per heavy atom. The first-order chi connectivity index (χ1) is 20.7. The summed E-state index contributed by atoms with van der Waals surface area (Å²) in [5, 5.41) is 10.7. The van der Waals surface area contributed by atoms with Crippen LogP contribution in [0.25, 0.3) is 0 Å². The van der Waals surface area contributed by atoms with Crippen molar-refractivity contribution in [3.8, 4) is 5.75 Å². The number of amides is 3. The van der Waals surface area contributed by atoms with Gasteiger partial charge in [0.2, 0.25) is 11.8 Å². The summed E-state index contributed by atoms with van der Waals surface area (Å²) in [6, 6.07) is 13.0. The molecule has 2 fully saturated rings. The highest BCUT2D eigenvalue weighted by atomic mass is 35.5. The van der Waals surface area contributed by atoms with Crippen molar-refractivity contribution in [1.29, 1.82) is 0 Å². The number of aliphatic hydroxyl groups excluding tert-OH is 1. The standard InChI is InChI=1S/C33H36ClN3O5S/c1-4-42-22-14-12-21(13-15-22)35-17-7-11-26-27(30(35)39)28-31(40)37(25(19-38)20(2)3)29-32(41)36(18-8-16-33(28,29)43-26)24-10-6-5-9-23(24)34/h5-16,20,25-29,38H,4,17-19H2,1-3H3/t25-,26-,27+,28-,29?,33-/m0/s1. The number of benzene rings is 2. The lowest BCUT2D eigenvalue weighted by Crippen LogP contribution is -2.57. The molecular formula is C33H36ClN3O5S. The quantitative estimate of drug-likeness (QED) is 0.456. The highest BCUT2D eigenvalue weighted by molar-refractivity contribution is 8.02. The predicted molar refractivity (Wildman–Crippen MR) is 169 cm³/mol. The van der Waals surface area contributed by atoms with E-state index < -0.39 is 28.7 Å². The summed E-state index contributed by atoms with van der Waals surface area (Å²) in [5.41, 5.74) is 1.28. The van der Waals surface area contributed by atoms with Gasteiger partial charge < -0.3 is 24.5 Å². The highest BCUT2D eigenvalue weighted by Gasteiger charge is 2.72. The largest absolute Gasteiger partial charge is 0.494 e. The fourth-order valence-corrected chi connectivity index (χ4v) is 9.29. The van der Waals surface area contributed by atoms with Crippen LogP contribution in [0, 0.1) is 17.8 Å². The van der Waals surface area contributed by atoms with Crippen LogP contribution in [0.15, 0.2) is 72.8 Å². The number of ether oxygens (including phenoxy) is 1. The van der Waals surface area contributed by atoms with Crippen LogP contribution in [0.3, 0.4) is 0 Å². The van der Waals surface area contributed by atoms with Gasteiger partial charge in [-0.3, -0.25) is 14.4 Å². The number of halogens is 1. The molecule has 2 aromatic carbocycles. The topological polar surface area (TPSA) is 90.4 Å². The van der Waals surface area contributed by atoms with Crippen LogP contribution in [0.4, 0.5) is 11.4 Å². The number of likely N-dealkylation sites (tertiary alicyclic amines) is 1. The second kappa shape index (κ2) is 11.7. The van der Waals surface area contributed by atoms with E-state index in [2.05, 4.69) is 0 Å². The first kappa shape index (κ1) is 29.8. The van der Waals surface area contributed by atoms with Gasteiger partial charge >= 0.3 is 0 Å². The Bertz CT molecular complexity index is 1480. The van der Waals surface area contributed by atoms with E-state index in [0.29, 0.717) is 23.9 Å². The number of anilines is 2. The number of rotatable bonds is 7. The van der Waals surface area contributed by atoms with E-state index in [-0.39, 0.29) is 42.0 Å². The molecule has 3 amide bonds. The normalized spacial score (nSPS) is 29.0. The predicted octanol–water partition coefficient (Wildman–Crippen LogP) is 4.56. The van der Waals surface area contributed by atoms with Crippen molar-refractivity contribution in [1.82, 2.24) is 4.90 Å². The number of fused-ring (bicyclic) bond motifs is 2. The molecule has 6 atom stereocenters. The van der Waals surface area contributed by atoms with Crippen LogP contribution < -0.4 is 14.5 Å². The number of carbonyl (C=O) groups is 3. The molecule has 1 spiro atoms. The van der Waals surface area contributed by atoms with E-state index in [1.807, 2.05) is 81.5 Å². The van der Waals surface area contributed by atoms with Crippen LogP contribution in [0.5, 0.6) is 5.75 Å². The van der Waals surface area contributed by atoms with Gasteiger partial charge in [-0.15, -0.1) is 11.8 Å². The molecule has 0 radical (unpaired) electrons. The van der Waals surface area contributed by atoms with Crippen molar-refractivity contribution in [3.63, 3.8) is 0 Å². The smallest absolute Gasteiger partial charge is 0.251 e. The third-order valence-corrected chi connectivity index (χ3v) is 11.1. The minimum absolute atomic E-state index is 0.121. The molecule has 0 saturated carbocycles. The zero-order valence-corrected chi connectivity index (χ0v) is 26.0. The van der Waals surface area contributed by atoms with E-state index in [9.17, 15) is 19.5 Å². The number of hydrogen-bond donors (Lipinski definition) is 1. The summed E-state index contributed by atoms with van der Waals surface area (Å²) in [5.74, 6) is -1.57. The first-order valence-corrected chi connectivity index (χ1v) is 16.0. The maximum Gasteiger partial charge on any atom is 0.251 e. The molecule has 8 nitrogen and oxygen atoms in total. The van der Waals surface area contributed by atoms with E-state index in [0.717, 1.165) is 11.4 Å². The zero-order chi connectivity index (χ0) is 30.5. The van der Waals surface area contributed by atoms with E-state index in [4.69, 9.17) is 16.3 Å². The monoisotopic (exact) mass is 621 g/mol. The van der Waals surface area contributed by atoms with E-state index in [1.165, 1.54) is 11.8 Å². The Morgan fingerprint density at radius 3 is 2.40 bits per heavy atom. The Labute approximate surface area is 261 Å². The lowest BCUT2D eigenvalue weighted by atomic mass is 9.78. The molecule has 10 heteroatoms. The van der Waals surface area contributed by atoms with Gasteiger partial charge in [0.15, 0.2) is 0 Å². The van der Waals surface area contributed by atoms with Gasteiger partial charge in [-0.1, -0.05) is 61.9 Å². The molecule has 226 valence electrons. The summed E-state index contributed by atoms with van der Waals surface area (Å²) < 4.78 is 4.59. The molecule has 0 bridgehead atoms. The molecule has 6 rings (SSSR count). The van der Waals surface area contributed by atoms with Crippen LogP contribution in [-0.4, -0.2) is 76.1 Å². The van der Waals surface area contributed by atoms with Crippen molar-refractivity contribution >= 4 is 52.5 Å². The van der Waals surface area contributed by atoms with Gasteiger partial charge in [0.1, 0.15) is 11.8 Å². The summed E-state index contributed by atoms with van der Waals surface area (Å²) in [6.45, 7) is 6.68. The third kappa shape index (κ3) is 4.76. The van der Waals surface area contributed by atoms with Gasteiger partial charge in [-0.05, 0) is 49.2 Å². The maximum absolute atomic E-state index is 14.7. The number of hydrogen-bond acceptors (Lipinski definition) is 6. The molecule has 0 aliphatic carbocycles. The summed E-state index contributed by atoms with van der Waals surface area (Å²) in [6.07, 6.45) is 7.89. The van der Waals surface area contributed by atoms with Crippen molar-refractivity contribution in [3.05, 3.63) is 77.9 Å². The lowest BCUT2D eigenvalue weighted by Gasteiger charge is -2.39. The van der Waals surface area contributed by atoms with Crippen molar-refractivity contribution < 1.29 is 24.2 Å². The Hall–Kier alpha value is -3.27. The number of nitrogens with zero attached hydrogens (tertiary/aromatic N) is 3. The molecule has 4 heterocycles. The van der Waals surface area contributed by atoms with Crippen molar-refractivity contribution in [2.75, 3.05) is 36.1 Å². The van der Waals surface area contributed by atoms with Crippen molar-refractivity contribution in [2.45, 2.75) is 42.9 Å². The van der Waals surface area contributed by atoms with Gasteiger partial charge in [-0.25, -0.2) is 0 Å². The molecule has 1 unspecified atom stereocenters. The Balaban J connectivity index is 1.45. The number of thioether (sulfide) groups is 1. The summed E-state index contributed by atoms with van der Waals surface area (Å²) in [7, 11) is 0. The summed E-state index contributed by atoms with van der Waals surface area (Å²) in [4.78, 5) is 48.7. The zero-order valence-electron chi connectivity index (χ0n) is 24.4. The van der Waals surface area contributed by atoms with Crippen LogP contribution >= 0.6 is 23.4 Å². The molecule has 0 aromatic heterocycles. The minimum atomic E-state index is -0.996. The van der Waals surface area contributed by atoms with Crippen molar-refractivity contribution in [2.24, 2.45) is 17.8 Å². The lowest BCUT2D eigenvalue weighted by molar-refractivity contribution is -0.142. The second-order valence-electron chi connectivity index (χ2n) is 11.7. The fraction of sp³-hybridized carbons (Fsp3) is 0.424. The molecule has 2 saturated heterocycles. The Morgan fingerprint density at radius 1 is 1.00 bits per heavy atom. The number of para-hydroxylation sites is 1. The molecule has 4 aliphatic heterocycles. The Kier molecular flexibility index (Phi) is 8.08. The maximum atomic E-state index is 14.7. The van der Waals surface area contributed by atoms with Crippen LogP contribution in [-0.2, 0) is 14.4 Å². The molecule has 1 N–H and O–H groups in total.